The minimum atomic E-state index is -4.01. The summed E-state index contributed by atoms with van der Waals surface area (Å²) in [6, 6.07) is 8.29. The zero-order chi connectivity index (χ0) is 26.9. The van der Waals surface area contributed by atoms with E-state index < -0.39 is 10.1 Å². The van der Waals surface area contributed by atoms with E-state index in [4.69, 9.17) is 4.18 Å². The molecule has 0 saturated heterocycles. The van der Waals surface area contributed by atoms with Crippen LogP contribution in [0.3, 0.4) is 0 Å². The normalized spacial score (nSPS) is 17.6. The second-order valence-corrected chi connectivity index (χ2v) is 14.4. The molecule has 0 heterocycles. The summed E-state index contributed by atoms with van der Waals surface area (Å²) in [5, 5.41) is 0. The highest BCUT2D eigenvalue weighted by molar-refractivity contribution is 7.98. The summed E-state index contributed by atoms with van der Waals surface area (Å²) < 4.78 is 34.4. The molecule has 0 N–H and O–H groups in total. The second kappa shape index (κ2) is 11.7. The van der Waals surface area contributed by atoms with Gasteiger partial charge >= 0.3 is 10.1 Å². The summed E-state index contributed by atoms with van der Waals surface area (Å²) in [6.07, 6.45) is 11.9. The Bertz CT molecular complexity index is 1130. The Labute approximate surface area is 230 Å². The molecule has 2 aromatic rings. The summed E-state index contributed by atoms with van der Waals surface area (Å²) in [5.41, 5.74) is 5.53. The van der Waals surface area contributed by atoms with Crippen LogP contribution in [-0.4, -0.2) is 14.7 Å². The van der Waals surface area contributed by atoms with Crippen LogP contribution in [0, 0.1) is 0 Å². The van der Waals surface area contributed by atoms with Crippen molar-refractivity contribution in [2.75, 3.05) is 6.26 Å². The smallest absolute Gasteiger partial charge is 0.339 e. The van der Waals surface area contributed by atoms with Crippen LogP contribution in [-0.2, 0) is 10.1 Å². The third-order valence-corrected chi connectivity index (χ3v) is 10.7. The van der Waals surface area contributed by atoms with E-state index in [1.54, 1.807) is 0 Å². The molecule has 5 heteroatoms. The molecule has 2 aliphatic rings. The summed E-state index contributed by atoms with van der Waals surface area (Å²) in [5.74, 6) is 1.97. The van der Waals surface area contributed by atoms with Gasteiger partial charge in [0, 0.05) is 4.90 Å². The zero-order valence-corrected chi connectivity index (χ0v) is 25.5. The molecule has 2 aromatic carbocycles. The van der Waals surface area contributed by atoms with Gasteiger partial charge in [0.05, 0.1) is 0 Å². The largest absolute Gasteiger partial charge is 0.379 e. The van der Waals surface area contributed by atoms with Crippen molar-refractivity contribution in [3.8, 4) is 5.75 Å². The standard InChI is InChI=1S/C32H46O3S2/c1-20(2)25-16-27(21(3)4)32(28(17-25)22(5)6)37(33,34)35-26-18-29(23-12-8-9-13-23)31(36-7)30(19-26)24-14-10-11-15-24/h16-24H,8-15H2,1-7H3. The Balaban J connectivity index is 1.85. The first kappa shape index (κ1) is 28.5. The SMILES string of the molecule is CSc1c(C2CCCC2)cc(OS(=O)(=O)c2c(C(C)C)cc(C(C)C)cc2C(C)C)cc1C1CCCC1. The van der Waals surface area contributed by atoms with Crippen molar-refractivity contribution < 1.29 is 12.6 Å². The van der Waals surface area contributed by atoms with Crippen LogP contribution in [0.15, 0.2) is 34.1 Å². The molecule has 37 heavy (non-hydrogen) atoms. The molecule has 2 aliphatic carbocycles. The van der Waals surface area contributed by atoms with Crippen LogP contribution in [0.25, 0.3) is 0 Å². The number of hydrogen-bond donors (Lipinski definition) is 0. The Morgan fingerprint density at radius 3 is 1.51 bits per heavy atom. The quantitative estimate of drug-likeness (QED) is 0.234. The van der Waals surface area contributed by atoms with Gasteiger partial charge in [-0.05, 0) is 101 Å². The zero-order valence-electron chi connectivity index (χ0n) is 23.9. The van der Waals surface area contributed by atoms with Crippen LogP contribution < -0.4 is 4.18 Å². The predicted molar refractivity (Wildman–Crippen MR) is 157 cm³/mol. The average Bonchev–Trinajstić information content (AvgIpc) is 3.57. The summed E-state index contributed by atoms with van der Waals surface area (Å²) in [6.45, 7) is 12.6. The molecule has 204 valence electrons. The van der Waals surface area contributed by atoms with E-state index >= 15 is 0 Å². The van der Waals surface area contributed by atoms with E-state index in [2.05, 4.69) is 72.1 Å². The lowest BCUT2D eigenvalue weighted by Gasteiger charge is -2.24. The Kier molecular flexibility index (Phi) is 9.05. The molecule has 0 spiro atoms. The van der Waals surface area contributed by atoms with Gasteiger partial charge in [-0.15, -0.1) is 11.8 Å². The molecule has 4 rings (SSSR count). The van der Waals surface area contributed by atoms with Gasteiger partial charge in [0.1, 0.15) is 10.6 Å². The Morgan fingerprint density at radius 1 is 0.730 bits per heavy atom. The van der Waals surface area contributed by atoms with E-state index in [9.17, 15) is 8.42 Å². The van der Waals surface area contributed by atoms with Gasteiger partial charge in [-0.1, -0.05) is 79.4 Å². The van der Waals surface area contributed by atoms with E-state index in [0.29, 0.717) is 28.4 Å². The van der Waals surface area contributed by atoms with Gasteiger partial charge < -0.3 is 4.18 Å². The van der Waals surface area contributed by atoms with Crippen LogP contribution in [0.2, 0.25) is 0 Å². The molecule has 0 aromatic heterocycles. The van der Waals surface area contributed by atoms with Crippen molar-refractivity contribution >= 4 is 21.9 Å². The third-order valence-electron chi connectivity index (χ3n) is 8.45. The molecule has 3 nitrogen and oxygen atoms in total. The second-order valence-electron chi connectivity index (χ2n) is 12.1. The highest BCUT2D eigenvalue weighted by atomic mass is 32.2. The van der Waals surface area contributed by atoms with Gasteiger partial charge in [0.2, 0.25) is 0 Å². The van der Waals surface area contributed by atoms with Crippen molar-refractivity contribution in [2.24, 2.45) is 0 Å². The van der Waals surface area contributed by atoms with Crippen molar-refractivity contribution in [3.63, 3.8) is 0 Å². The fourth-order valence-corrected chi connectivity index (χ4v) is 8.88. The van der Waals surface area contributed by atoms with E-state index in [1.165, 1.54) is 73.0 Å². The summed E-state index contributed by atoms with van der Waals surface area (Å²) in [4.78, 5) is 1.75. The van der Waals surface area contributed by atoms with E-state index in [-0.39, 0.29) is 11.8 Å². The molecular weight excluding hydrogens is 496 g/mol. The number of thioether (sulfide) groups is 1. The van der Waals surface area contributed by atoms with E-state index in [0.717, 1.165) is 11.1 Å². The predicted octanol–water partition coefficient (Wildman–Crippen LogP) is 9.86. The lowest BCUT2D eigenvalue weighted by molar-refractivity contribution is 0.480. The maximum absolute atomic E-state index is 14.1. The average molecular weight is 543 g/mol. The van der Waals surface area contributed by atoms with Crippen molar-refractivity contribution in [1.82, 2.24) is 0 Å². The summed E-state index contributed by atoms with van der Waals surface area (Å²) >= 11 is 1.83. The Hall–Kier alpha value is -1.46. The fraction of sp³-hybridized carbons (Fsp3) is 0.625. The van der Waals surface area contributed by atoms with Crippen molar-refractivity contribution in [3.05, 3.63) is 52.1 Å². The van der Waals surface area contributed by atoms with Crippen molar-refractivity contribution in [2.45, 2.75) is 132 Å². The lowest BCUT2D eigenvalue weighted by Crippen LogP contribution is -2.18. The number of hydrogen-bond acceptors (Lipinski definition) is 4. The monoisotopic (exact) mass is 542 g/mol. The molecule has 0 radical (unpaired) electrons. The topological polar surface area (TPSA) is 43.4 Å². The summed E-state index contributed by atoms with van der Waals surface area (Å²) in [7, 11) is -4.01. The molecule has 0 atom stereocenters. The van der Waals surface area contributed by atoms with Crippen LogP contribution >= 0.6 is 11.8 Å². The van der Waals surface area contributed by atoms with Gasteiger partial charge in [0.15, 0.2) is 0 Å². The highest BCUT2D eigenvalue weighted by Crippen LogP contribution is 2.47. The van der Waals surface area contributed by atoms with Gasteiger partial charge in [0.25, 0.3) is 0 Å². The Morgan fingerprint density at radius 2 is 1.16 bits per heavy atom. The minimum absolute atomic E-state index is 0.0755. The van der Waals surface area contributed by atoms with Gasteiger partial charge in [-0.2, -0.15) is 8.42 Å². The maximum Gasteiger partial charge on any atom is 0.339 e. The van der Waals surface area contributed by atoms with Gasteiger partial charge in [-0.25, -0.2) is 0 Å². The fourth-order valence-electron chi connectivity index (χ4n) is 6.36. The minimum Gasteiger partial charge on any atom is -0.379 e. The van der Waals surface area contributed by atoms with Crippen molar-refractivity contribution in [1.29, 1.82) is 0 Å². The number of rotatable bonds is 9. The van der Waals surface area contributed by atoms with Crippen LogP contribution in [0.1, 0.15) is 150 Å². The molecule has 0 bridgehead atoms. The highest BCUT2D eigenvalue weighted by Gasteiger charge is 2.31. The molecule has 0 unspecified atom stereocenters. The first-order valence-corrected chi connectivity index (χ1v) is 17.0. The third kappa shape index (κ3) is 6.08. The molecule has 2 fully saturated rings. The van der Waals surface area contributed by atoms with E-state index in [1.807, 2.05) is 11.8 Å². The molecule has 0 amide bonds. The lowest BCUT2D eigenvalue weighted by atomic mass is 9.89. The van der Waals surface area contributed by atoms with Crippen LogP contribution in [0.5, 0.6) is 5.75 Å². The van der Waals surface area contributed by atoms with Gasteiger partial charge in [-0.3, -0.25) is 0 Å². The first-order chi connectivity index (χ1) is 17.5. The molecule has 2 saturated carbocycles. The molecular formula is C32H46O3S2. The maximum atomic E-state index is 14.1. The van der Waals surface area contributed by atoms with Crippen LogP contribution in [0.4, 0.5) is 0 Å². The first-order valence-electron chi connectivity index (χ1n) is 14.4. The molecule has 0 aliphatic heterocycles. The number of benzene rings is 2.